The van der Waals surface area contributed by atoms with Crippen LogP contribution < -0.4 is 10.1 Å². The average Bonchev–Trinajstić information content (AvgIpc) is 3.34. The Morgan fingerprint density at radius 1 is 1.21 bits per heavy atom. The zero-order valence-corrected chi connectivity index (χ0v) is 15.3. The minimum absolute atomic E-state index is 0.0126. The molecule has 9 nitrogen and oxygen atoms in total. The summed E-state index contributed by atoms with van der Waals surface area (Å²) in [4.78, 5) is 27.1. The molecule has 2 heterocycles. The van der Waals surface area contributed by atoms with Crippen molar-refractivity contribution in [3.05, 3.63) is 70.5 Å². The third kappa shape index (κ3) is 3.40. The van der Waals surface area contributed by atoms with Gasteiger partial charge in [-0.15, -0.1) is 0 Å². The summed E-state index contributed by atoms with van der Waals surface area (Å²) in [5.41, 5.74) is 1.56. The van der Waals surface area contributed by atoms with E-state index in [1.54, 1.807) is 37.6 Å². The molecule has 0 saturated carbocycles. The molecule has 28 heavy (non-hydrogen) atoms. The Kier molecular flexibility index (Phi) is 4.45. The Bertz CT molecular complexity index is 1180. The molecule has 0 aliphatic carbocycles. The van der Waals surface area contributed by atoms with Gasteiger partial charge in [0.05, 0.1) is 27.9 Å². The number of fused-ring (bicyclic) bond motifs is 1. The Morgan fingerprint density at radius 2 is 2.00 bits per heavy atom. The summed E-state index contributed by atoms with van der Waals surface area (Å²) in [6.07, 6.45) is 1.61. The van der Waals surface area contributed by atoms with E-state index in [9.17, 15) is 14.9 Å². The number of rotatable bonds is 5. The van der Waals surface area contributed by atoms with Gasteiger partial charge in [0.25, 0.3) is 11.6 Å². The van der Waals surface area contributed by atoms with Gasteiger partial charge in [-0.3, -0.25) is 20.2 Å². The fraction of sp³-hybridized carbons (Fsp3) is 0.0556. The van der Waals surface area contributed by atoms with Crippen LogP contribution in [0.15, 0.2) is 54.7 Å². The normalized spacial score (nSPS) is 10.8. The van der Waals surface area contributed by atoms with Gasteiger partial charge in [-0.1, -0.05) is 11.3 Å². The topological polar surface area (TPSA) is 112 Å². The summed E-state index contributed by atoms with van der Waals surface area (Å²) in [5, 5.41) is 18.2. The molecule has 0 aliphatic rings. The summed E-state index contributed by atoms with van der Waals surface area (Å²) in [5.74, 6) is 0.322. The van der Waals surface area contributed by atoms with Crippen LogP contribution in [0.1, 0.15) is 10.5 Å². The van der Waals surface area contributed by atoms with E-state index in [2.05, 4.69) is 15.4 Å². The number of carbonyl (C=O) groups is 1. The molecule has 0 unspecified atom stereocenters. The number of anilines is 1. The van der Waals surface area contributed by atoms with E-state index in [-0.39, 0.29) is 11.4 Å². The van der Waals surface area contributed by atoms with Crippen molar-refractivity contribution in [2.24, 2.45) is 0 Å². The van der Waals surface area contributed by atoms with Gasteiger partial charge in [0.15, 0.2) is 10.8 Å². The zero-order valence-electron chi connectivity index (χ0n) is 14.5. The second kappa shape index (κ2) is 7.08. The number of hydrogen-bond donors (Lipinski definition) is 1. The van der Waals surface area contributed by atoms with Gasteiger partial charge >= 0.3 is 0 Å². The molecule has 0 saturated heterocycles. The van der Waals surface area contributed by atoms with Crippen molar-refractivity contribution in [3.63, 3.8) is 0 Å². The summed E-state index contributed by atoms with van der Waals surface area (Å²) in [6, 6.07) is 12.9. The van der Waals surface area contributed by atoms with E-state index in [0.29, 0.717) is 10.8 Å². The summed E-state index contributed by atoms with van der Waals surface area (Å²) in [7, 11) is 1.59. The van der Waals surface area contributed by atoms with E-state index < -0.39 is 10.8 Å². The number of nitro groups is 1. The van der Waals surface area contributed by atoms with E-state index in [4.69, 9.17) is 4.74 Å². The van der Waals surface area contributed by atoms with Crippen molar-refractivity contribution in [3.8, 4) is 11.4 Å². The Balaban J connectivity index is 1.52. The molecule has 10 heteroatoms. The van der Waals surface area contributed by atoms with Crippen LogP contribution in [-0.4, -0.2) is 32.7 Å². The largest absolute Gasteiger partial charge is 0.497 e. The number of amides is 1. The molecule has 1 N–H and O–H groups in total. The minimum Gasteiger partial charge on any atom is -0.497 e. The number of carbonyl (C=O) groups excluding carboxylic acids is 1. The van der Waals surface area contributed by atoms with Crippen molar-refractivity contribution < 1.29 is 14.5 Å². The molecule has 4 rings (SSSR count). The lowest BCUT2D eigenvalue weighted by Gasteiger charge is -2.01. The Hall–Kier alpha value is -3.79. The molecule has 0 atom stereocenters. The molecule has 0 bridgehead atoms. The van der Waals surface area contributed by atoms with Crippen LogP contribution in [0.5, 0.6) is 5.75 Å². The molecular weight excluding hydrogens is 382 g/mol. The number of thiazole rings is 1. The summed E-state index contributed by atoms with van der Waals surface area (Å²) < 4.78 is 7.56. The molecule has 2 aromatic heterocycles. The van der Waals surface area contributed by atoms with Crippen molar-refractivity contribution in [1.82, 2.24) is 14.8 Å². The monoisotopic (exact) mass is 395 g/mol. The number of nitrogens with one attached hydrogen (secondary N) is 1. The van der Waals surface area contributed by atoms with Crippen LogP contribution in [0.3, 0.4) is 0 Å². The van der Waals surface area contributed by atoms with E-state index >= 15 is 0 Å². The lowest BCUT2D eigenvalue weighted by Crippen LogP contribution is -2.13. The first-order valence-electron chi connectivity index (χ1n) is 8.10. The Morgan fingerprint density at radius 3 is 2.71 bits per heavy atom. The average molecular weight is 395 g/mol. The summed E-state index contributed by atoms with van der Waals surface area (Å²) >= 11 is 1.34. The van der Waals surface area contributed by atoms with Gasteiger partial charge in [0.2, 0.25) is 0 Å². The van der Waals surface area contributed by atoms with Crippen LogP contribution >= 0.6 is 11.3 Å². The van der Waals surface area contributed by atoms with Crippen molar-refractivity contribution in [2.75, 3.05) is 12.4 Å². The van der Waals surface area contributed by atoms with Crippen molar-refractivity contribution in [2.45, 2.75) is 0 Å². The van der Waals surface area contributed by atoms with Crippen LogP contribution in [0, 0.1) is 10.1 Å². The predicted octanol–water partition coefficient (Wildman–Crippen LogP) is 3.65. The van der Waals surface area contributed by atoms with Gasteiger partial charge in [0, 0.05) is 18.3 Å². The smallest absolute Gasteiger partial charge is 0.277 e. The molecular formula is C18H13N5O4S. The lowest BCUT2D eigenvalue weighted by molar-refractivity contribution is -0.384. The summed E-state index contributed by atoms with van der Waals surface area (Å²) in [6.45, 7) is 0. The molecule has 2 aromatic carbocycles. The number of benzene rings is 2. The number of nitro benzene ring substituents is 1. The maximum Gasteiger partial charge on any atom is 0.277 e. The first-order valence-corrected chi connectivity index (χ1v) is 8.91. The molecule has 140 valence electrons. The fourth-order valence-electron chi connectivity index (χ4n) is 2.56. The van der Waals surface area contributed by atoms with Gasteiger partial charge < -0.3 is 4.74 Å². The quantitative estimate of drug-likeness (QED) is 0.408. The van der Waals surface area contributed by atoms with Gasteiger partial charge in [-0.25, -0.2) is 9.67 Å². The number of methoxy groups -OCH3 is 1. The molecule has 1 amide bonds. The highest BCUT2D eigenvalue weighted by Gasteiger charge is 2.14. The maximum absolute atomic E-state index is 12.5. The van der Waals surface area contributed by atoms with Crippen LogP contribution in [0.4, 0.5) is 10.8 Å². The van der Waals surface area contributed by atoms with Crippen molar-refractivity contribution >= 4 is 38.3 Å². The highest BCUT2D eigenvalue weighted by atomic mass is 32.1. The van der Waals surface area contributed by atoms with Crippen LogP contribution in [0.25, 0.3) is 15.9 Å². The molecule has 0 spiro atoms. The lowest BCUT2D eigenvalue weighted by atomic mass is 10.3. The number of hydrogen-bond acceptors (Lipinski definition) is 7. The van der Waals surface area contributed by atoms with Crippen LogP contribution in [0.2, 0.25) is 0 Å². The highest BCUT2D eigenvalue weighted by Crippen LogP contribution is 2.29. The Labute approximate surface area is 162 Å². The van der Waals surface area contributed by atoms with E-state index in [1.807, 2.05) is 12.1 Å². The van der Waals surface area contributed by atoms with Gasteiger partial charge in [-0.2, -0.15) is 5.10 Å². The maximum atomic E-state index is 12.5. The van der Waals surface area contributed by atoms with Crippen molar-refractivity contribution in [1.29, 1.82) is 0 Å². The first kappa shape index (κ1) is 17.6. The number of non-ortho nitro benzene ring substituents is 1. The molecule has 0 aliphatic heterocycles. The fourth-order valence-corrected chi connectivity index (χ4v) is 3.45. The number of nitrogens with zero attached hydrogens (tertiary/aromatic N) is 4. The van der Waals surface area contributed by atoms with Gasteiger partial charge in [-0.05, 0) is 36.4 Å². The van der Waals surface area contributed by atoms with Crippen LogP contribution in [-0.2, 0) is 0 Å². The number of ether oxygens (including phenoxy) is 1. The SMILES string of the molecule is COc1ccc2nc(NC(=O)c3ccn(-c4ccc([N+](=O)[O-])cc4)n3)sc2c1. The molecule has 0 fully saturated rings. The third-order valence-corrected chi connectivity index (χ3v) is 4.90. The van der Waals surface area contributed by atoms with E-state index in [1.165, 1.54) is 28.2 Å². The third-order valence-electron chi connectivity index (χ3n) is 3.96. The highest BCUT2D eigenvalue weighted by molar-refractivity contribution is 7.22. The standard InChI is InChI=1S/C18H13N5O4S/c1-27-13-6-7-14-16(10-13)28-18(19-14)20-17(24)15-8-9-22(21-15)11-2-4-12(5-3-11)23(25)26/h2-10H,1H3,(H,19,20,24). The second-order valence-corrected chi connectivity index (χ2v) is 6.76. The molecule has 4 aromatic rings. The second-order valence-electron chi connectivity index (χ2n) is 5.73. The first-order chi connectivity index (χ1) is 13.5. The predicted molar refractivity (Wildman–Crippen MR) is 104 cm³/mol. The number of aromatic nitrogens is 3. The van der Waals surface area contributed by atoms with Gasteiger partial charge in [0.1, 0.15) is 5.75 Å². The molecule has 0 radical (unpaired) electrons. The van der Waals surface area contributed by atoms with E-state index in [0.717, 1.165) is 16.0 Å². The minimum atomic E-state index is -0.473. The zero-order chi connectivity index (χ0) is 19.7.